The summed E-state index contributed by atoms with van der Waals surface area (Å²) in [5.41, 5.74) is 1.83. The van der Waals surface area contributed by atoms with Gasteiger partial charge in [-0.25, -0.2) is 0 Å². The van der Waals surface area contributed by atoms with E-state index in [4.69, 9.17) is 0 Å². The van der Waals surface area contributed by atoms with Gasteiger partial charge in [0.2, 0.25) is 0 Å². The van der Waals surface area contributed by atoms with Gasteiger partial charge in [0.05, 0.1) is 5.51 Å². The van der Waals surface area contributed by atoms with Crippen LogP contribution in [0.3, 0.4) is 0 Å². The average Bonchev–Trinajstić information content (AvgIpc) is 2.41. The summed E-state index contributed by atoms with van der Waals surface area (Å²) in [5.74, 6) is 0. The molecule has 0 saturated carbocycles. The van der Waals surface area contributed by atoms with Crippen molar-refractivity contribution in [2.75, 3.05) is 13.6 Å². The van der Waals surface area contributed by atoms with Crippen molar-refractivity contribution in [1.29, 1.82) is 0 Å². The highest BCUT2D eigenvalue weighted by molar-refractivity contribution is 7.10. The van der Waals surface area contributed by atoms with E-state index in [1.54, 1.807) is 11.3 Å². The van der Waals surface area contributed by atoms with Gasteiger partial charge in [0.1, 0.15) is 0 Å². The molecule has 0 saturated heterocycles. The molecule has 0 amide bonds. The van der Waals surface area contributed by atoms with Crippen LogP contribution in [0.15, 0.2) is 17.8 Å². The van der Waals surface area contributed by atoms with Gasteiger partial charge < -0.3 is 5.32 Å². The van der Waals surface area contributed by atoms with E-state index < -0.39 is 0 Å². The summed E-state index contributed by atoms with van der Waals surface area (Å²) < 4.78 is 0. The second-order valence-electron chi connectivity index (χ2n) is 1.86. The van der Waals surface area contributed by atoms with Crippen molar-refractivity contribution < 1.29 is 0 Å². The third-order valence-corrected chi connectivity index (χ3v) is 1.80. The van der Waals surface area contributed by atoms with E-state index in [9.17, 15) is 0 Å². The molecule has 0 atom stereocenters. The van der Waals surface area contributed by atoms with Crippen LogP contribution in [0, 0.1) is 0 Å². The zero-order valence-electron chi connectivity index (χ0n) is 5.87. The molecule has 1 aromatic heterocycles. The van der Waals surface area contributed by atoms with E-state index in [0.717, 1.165) is 6.54 Å². The molecule has 54 valence electrons. The summed E-state index contributed by atoms with van der Waals surface area (Å²) in [4.78, 5) is 5.15. The number of rotatable bonds is 3. The van der Waals surface area contributed by atoms with E-state index in [1.807, 2.05) is 18.8 Å². The summed E-state index contributed by atoms with van der Waals surface area (Å²) in [7, 11) is 1.93. The van der Waals surface area contributed by atoms with Crippen LogP contribution in [0.5, 0.6) is 0 Å². The van der Waals surface area contributed by atoms with Crippen molar-refractivity contribution in [3.05, 3.63) is 22.7 Å². The van der Waals surface area contributed by atoms with Gasteiger partial charge in [-0.3, -0.25) is 4.98 Å². The molecule has 1 rings (SSSR count). The highest BCUT2D eigenvalue weighted by Crippen LogP contribution is 2.06. The van der Waals surface area contributed by atoms with Gasteiger partial charge in [0.25, 0.3) is 0 Å². The summed E-state index contributed by atoms with van der Waals surface area (Å²) in [6.07, 6.45) is 6.00. The second-order valence-corrected chi connectivity index (χ2v) is 2.78. The number of likely N-dealkylation sites (N-methyl/N-ethyl adjacent to an activating group) is 1. The van der Waals surface area contributed by atoms with Crippen LogP contribution in [-0.4, -0.2) is 18.6 Å². The van der Waals surface area contributed by atoms with Crippen molar-refractivity contribution in [3.8, 4) is 0 Å². The van der Waals surface area contributed by atoms with Crippen LogP contribution in [0.25, 0.3) is 6.08 Å². The fourth-order valence-corrected chi connectivity index (χ4v) is 1.14. The summed E-state index contributed by atoms with van der Waals surface area (Å²) >= 11 is 1.65. The Bertz CT molecular complexity index is 191. The molecule has 3 heteroatoms. The van der Waals surface area contributed by atoms with Gasteiger partial charge >= 0.3 is 0 Å². The Labute approximate surface area is 64.6 Å². The normalized spacial score (nSPS) is 10.9. The van der Waals surface area contributed by atoms with Crippen molar-refractivity contribution in [1.82, 2.24) is 10.3 Å². The molecule has 10 heavy (non-hydrogen) atoms. The first-order chi connectivity index (χ1) is 4.93. The van der Waals surface area contributed by atoms with Crippen LogP contribution >= 0.6 is 11.3 Å². The summed E-state index contributed by atoms with van der Waals surface area (Å²) in [5, 5.41) is 3.03. The van der Waals surface area contributed by atoms with Crippen LogP contribution < -0.4 is 5.32 Å². The zero-order chi connectivity index (χ0) is 7.23. The van der Waals surface area contributed by atoms with Crippen molar-refractivity contribution in [3.63, 3.8) is 0 Å². The Hall–Kier alpha value is -0.670. The Morgan fingerprint density at radius 2 is 2.70 bits per heavy atom. The van der Waals surface area contributed by atoms with Gasteiger partial charge in [-0.15, -0.1) is 11.3 Å². The fourth-order valence-electron chi connectivity index (χ4n) is 0.601. The Kier molecular flexibility index (Phi) is 3.12. The molecule has 0 bridgehead atoms. The average molecular weight is 154 g/mol. The Morgan fingerprint density at radius 1 is 1.80 bits per heavy atom. The molecule has 0 spiro atoms. The zero-order valence-corrected chi connectivity index (χ0v) is 6.69. The Balaban J connectivity index is 2.40. The standard InChI is InChI=1S/C7H10N2S/c1-8-4-2-3-7-5-9-6-10-7/h2-3,5-6,8H,4H2,1H3/b3-2+. The van der Waals surface area contributed by atoms with Crippen molar-refractivity contribution >= 4 is 17.4 Å². The van der Waals surface area contributed by atoms with Gasteiger partial charge in [-0.05, 0) is 13.1 Å². The maximum atomic E-state index is 3.95. The van der Waals surface area contributed by atoms with Gasteiger partial charge in [-0.1, -0.05) is 6.08 Å². The van der Waals surface area contributed by atoms with Gasteiger partial charge in [0, 0.05) is 17.6 Å². The molecule has 0 aromatic carbocycles. The monoisotopic (exact) mass is 154 g/mol. The minimum atomic E-state index is 0.915. The maximum Gasteiger partial charge on any atom is 0.0797 e. The van der Waals surface area contributed by atoms with Crippen molar-refractivity contribution in [2.24, 2.45) is 0 Å². The van der Waals surface area contributed by atoms with Crippen molar-refractivity contribution in [2.45, 2.75) is 0 Å². The van der Waals surface area contributed by atoms with E-state index in [0.29, 0.717) is 0 Å². The molecule has 0 aliphatic carbocycles. The topological polar surface area (TPSA) is 24.9 Å². The molecule has 0 fully saturated rings. The first kappa shape index (κ1) is 7.44. The lowest BCUT2D eigenvalue weighted by atomic mass is 10.4. The molecule has 1 N–H and O–H groups in total. The molecular formula is C7H10N2S. The molecule has 0 aliphatic heterocycles. The highest BCUT2D eigenvalue weighted by Gasteiger charge is 1.83. The fraction of sp³-hybridized carbons (Fsp3) is 0.286. The number of aromatic nitrogens is 1. The number of hydrogen-bond acceptors (Lipinski definition) is 3. The molecule has 1 aromatic rings. The predicted octanol–water partition coefficient (Wildman–Crippen LogP) is 1.38. The summed E-state index contributed by atoms with van der Waals surface area (Å²) in [6, 6.07) is 0. The minimum absolute atomic E-state index is 0.915. The number of nitrogens with zero attached hydrogens (tertiary/aromatic N) is 1. The minimum Gasteiger partial charge on any atom is -0.316 e. The van der Waals surface area contributed by atoms with Crippen LogP contribution in [-0.2, 0) is 0 Å². The quantitative estimate of drug-likeness (QED) is 0.711. The first-order valence-corrected chi connectivity index (χ1v) is 4.01. The maximum absolute atomic E-state index is 3.95. The highest BCUT2D eigenvalue weighted by atomic mass is 32.1. The summed E-state index contributed by atoms with van der Waals surface area (Å²) in [6.45, 7) is 0.915. The third-order valence-electron chi connectivity index (χ3n) is 1.06. The van der Waals surface area contributed by atoms with Gasteiger partial charge in [-0.2, -0.15) is 0 Å². The largest absolute Gasteiger partial charge is 0.316 e. The van der Waals surface area contributed by atoms with Crippen LogP contribution in [0.2, 0.25) is 0 Å². The van der Waals surface area contributed by atoms with E-state index in [2.05, 4.69) is 22.5 Å². The van der Waals surface area contributed by atoms with E-state index in [-0.39, 0.29) is 0 Å². The van der Waals surface area contributed by atoms with Crippen LogP contribution in [0.1, 0.15) is 4.88 Å². The van der Waals surface area contributed by atoms with E-state index in [1.165, 1.54) is 4.88 Å². The number of thiazole rings is 1. The number of nitrogens with one attached hydrogen (secondary N) is 1. The molecular weight excluding hydrogens is 144 g/mol. The Morgan fingerprint density at radius 3 is 3.30 bits per heavy atom. The third kappa shape index (κ3) is 2.29. The molecule has 0 radical (unpaired) electrons. The number of hydrogen-bond donors (Lipinski definition) is 1. The van der Waals surface area contributed by atoms with Crippen LogP contribution in [0.4, 0.5) is 0 Å². The van der Waals surface area contributed by atoms with E-state index >= 15 is 0 Å². The molecule has 0 aliphatic rings. The lowest BCUT2D eigenvalue weighted by Crippen LogP contribution is -2.03. The molecule has 0 unspecified atom stereocenters. The first-order valence-electron chi connectivity index (χ1n) is 3.13. The smallest absolute Gasteiger partial charge is 0.0797 e. The SMILES string of the molecule is CNC/C=C/c1cncs1. The molecule has 2 nitrogen and oxygen atoms in total. The molecule has 1 heterocycles. The predicted molar refractivity (Wildman–Crippen MR) is 45.1 cm³/mol. The lowest BCUT2D eigenvalue weighted by molar-refractivity contribution is 0.922. The second kappa shape index (κ2) is 4.19. The van der Waals surface area contributed by atoms with Gasteiger partial charge in [0.15, 0.2) is 0 Å². The lowest BCUT2D eigenvalue weighted by Gasteiger charge is -1.85.